The van der Waals surface area contributed by atoms with E-state index < -0.39 is 0 Å². The molecule has 3 aliphatic rings. The van der Waals surface area contributed by atoms with E-state index in [-0.39, 0.29) is 0 Å². The van der Waals surface area contributed by atoms with Gasteiger partial charge in [-0.25, -0.2) is 0 Å². The molecule has 0 aromatic carbocycles. The van der Waals surface area contributed by atoms with Gasteiger partial charge in [-0.15, -0.1) is 0 Å². The molecule has 1 heterocycles. The van der Waals surface area contributed by atoms with Gasteiger partial charge in [0.05, 0.1) is 0 Å². The van der Waals surface area contributed by atoms with Crippen LogP contribution in [0.5, 0.6) is 0 Å². The third-order valence-electron chi connectivity index (χ3n) is 4.64. The van der Waals surface area contributed by atoms with Crippen molar-refractivity contribution in [1.29, 1.82) is 0 Å². The highest BCUT2D eigenvalue weighted by atomic mass is 15.2. The normalized spacial score (nSPS) is 39.5. The zero-order chi connectivity index (χ0) is 12.0. The molecule has 1 saturated carbocycles. The summed E-state index contributed by atoms with van der Waals surface area (Å²) in [6.07, 6.45) is 11.4. The molecule has 3 atom stereocenters. The first kappa shape index (κ1) is 11.3. The summed E-state index contributed by atoms with van der Waals surface area (Å²) in [6, 6.07) is 0.726. The first-order valence-corrected chi connectivity index (χ1v) is 6.91. The minimum atomic E-state index is 0.514. The Hall–Kier alpha value is -0.760. The van der Waals surface area contributed by atoms with Crippen molar-refractivity contribution >= 4 is 0 Å². The van der Waals surface area contributed by atoms with Gasteiger partial charge >= 0.3 is 0 Å². The molecule has 3 unspecified atom stereocenters. The molecule has 1 aliphatic heterocycles. The van der Waals surface area contributed by atoms with Crippen LogP contribution in [0.4, 0.5) is 0 Å². The number of allylic oxidation sites excluding steroid dienone is 3. The summed E-state index contributed by atoms with van der Waals surface area (Å²) in [5, 5.41) is 0. The van der Waals surface area contributed by atoms with Crippen LogP contribution in [-0.2, 0) is 0 Å². The van der Waals surface area contributed by atoms with E-state index in [0.29, 0.717) is 5.41 Å². The fourth-order valence-corrected chi connectivity index (χ4v) is 3.37. The predicted octanol–water partition coefficient (Wildman–Crippen LogP) is 2.49. The lowest BCUT2D eigenvalue weighted by Crippen LogP contribution is -2.37. The second kappa shape index (κ2) is 3.88. The molecular weight excluding hydrogens is 208 g/mol. The first-order valence-electron chi connectivity index (χ1n) is 6.91. The Labute approximate surface area is 105 Å². The van der Waals surface area contributed by atoms with E-state index in [2.05, 4.69) is 49.0 Å². The summed E-state index contributed by atoms with van der Waals surface area (Å²) < 4.78 is 0. The average Bonchev–Trinajstić information content (AvgIpc) is 2.72. The van der Waals surface area contributed by atoms with Crippen molar-refractivity contribution in [1.82, 2.24) is 9.80 Å². The van der Waals surface area contributed by atoms with E-state index in [1.807, 2.05) is 0 Å². The lowest BCUT2D eigenvalue weighted by molar-refractivity contribution is 0.253. The number of hydrogen-bond acceptors (Lipinski definition) is 2. The summed E-state index contributed by atoms with van der Waals surface area (Å²) in [4.78, 5) is 4.95. The number of hydrogen-bond donors (Lipinski definition) is 0. The Morgan fingerprint density at radius 3 is 3.00 bits per heavy atom. The smallest absolute Gasteiger partial charge is 0.0417 e. The van der Waals surface area contributed by atoms with Gasteiger partial charge in [0.1, 0.15) is 0 Å². The van der Waals surface area contributed by atoms with Crippen LogP contribution in [0.25, 0.3) is 0 Å². The molecule has 0 bridgehead atoms. The largest absolute Gasteiger partial charge is 0.368 e. The SMILES string of the molecule is CN(C)CC1CCCN1C1=CC2CC2(C)C=C1. The van der Waals surface area contributed by atoms with E-state index in [0.717, 1.165) is 12.0 Å². The molecule has 0 radical (unpaired) electrons. The van der Waals surface area contributed by atoms with Crippen molar-refractivity contribution in [3.05, 3.63) is 23.9 Å². The summed E-state index contributed by atoms with van der Waals surface area (Å²) in [5.41, 5.74) is 2.01. The van der Waals surface area contributed by atoms with Gasteiger partial charge < -0.3 is 9.80 Å². The maximum absolute atomic E-state index is 2.63. The van der Waals surface area contributed by atoms with Crippen LogP contribution >= 0.6 is 0 Å². The summed E-state index contributed by atoms with van der Waals surface area (Å²) in [7, 11) is 4.36. The van der Waals surface area contributed by atoms with Crippen LogP contribution in [0.3, 0.4) is 0 Å². The second-order valence-corrected chi connectivity index (χ2v) is 6.49. The lowest BCUT2D eigenvalue weighted by Gasteiger charge is -2.31. The van der Waals surface area contributed by atoms with Crippen LogP contribution < -0.4 is 0 Å². The van der Waals surface area contributed by atoms with Crippen LogP contribution in [-0.4, -0.2) is 43.0 Å². The van der Waals surface area contributed by atoms with Gasteiger partial charge in [-0.1, -0.05) is 19.1 Å². The number of likely N-dealkylation sites (tertiary alicyclic amines) is 1. The van der Waals surface area contributed by atoms with Gasteiger partial charge in [0.15, 0.2) is 0 Å². The van der Waals surface area contributed by atoms with Gasteiger partial charge in [0, 0.05) is 24.8 Å². The van der Waals surface area contributed by atoms with E-state index in [4.69, 9.17) is 0 Å². The summed E-state index contributed by atoms with van der Waals surface area (Å²) in [5.74, 6) is 0.822. The molecule has 2 fully saturated rings. The fraction of sp³-hybridized carbons (Fsp3) is 0.733. The molecule has 2 heteroatoms. The van der Waals surface area contributed by atoms with Crippen molar-refractivity contribution in [2.45, 2.75) is 32.2 Å². The maximum atomic E-state index is 2.63. The van der Waals surface area contributed by atoms with E-state index in [1.165, 1.54) is 38.0 Å². The molecule has 17 heavy (non-hydrogen) atoms. The minimum absolute atomic E-state index is 0.514. The van der Waals surface area contributed by atoms with E-state index >= 15 is 0 Å². The van der Waals surface area contributed by atoms with Crippen molar-refractivity contribution in [3.8, 4) is 0 Å². The van der Waals surface area contributed by atoms with E-state index in [1.54, 1.807) is 0 Å². The van der Waals surface area contributed by atoms with Crippen molar-refractivity contribution in [2.24, 2.45) is 11.3 Å². The van der Waals surface area contributed by atoms with Gasteiger partial charge in [0.25, 0.3) is 0 Å². The molecule has 2 nitrogen and oxygen atoms in total. The molecule has 2 aliphatic carbocycles. The van der Waals surface area contributed by atoms with Crippen molar-refractivity contribution < 1.29 is 0 Å². The van der Waals surface area contributed by atoms with Crippen molar-refractivity contribution in [3.63, 3.8) is 0 Å². The highest BCUT2D eigenvalue weighted by Crippen LogP contribution is 2.57. The minimum Gasteiger partial charge on any atom is -0.368 e. The monoisotopic (exact) mass is 232 g/mol. The molecule has 0 spiro atoms. The van der Waals surface area contributed by atoms with Crippen LogP contribution in [0.2, 0.25) is 0 Å². The molecule has 0 aromatic heterocycles. The Bertz CT molecular complexity index is 369. The average molecular weight is 232 g/mol. The summed E-state index contributed by atoms with van der Waals surface area (Å²) >= 11 is 0. The number of nitrogens with zero attached hydrogens (tertiary/aromatic N) is 2. The van der Waals surface area contributed by atoms with Crippen LogP contribution in [0.1, 0.15) is 26.2 Å². The maximum Gasteiger partial charge on any atom is 0.0417 e. The Morgan fingerprint density at radius 1 is 1.47 bits per heavy atom. The second-order valence-electron chi connectivity index (χ2n) is 6.49. The zero-order valence-corrected chi connectivity index (χ0v) is 11.3. The first-order chi connectivity index (χ1) is 8.08. The van der Waals surface area contributed by atoms with Gasteiger partial charge in [-0.3, -0.25) is 0 Å². The van der Waals surface area contributed by atoms with E-state index in [9.17, 15) is 0 Å². The van der Waals surface area contributed by atoms with Crippen LogP contribution in [0, 0.1) is 11.3 Å². The van der Waals surface area contributed by atoms with Gasteiger partial charge in [0.2, 0.25) is 0 Å². The zero-order valence-electron chi connectivity index (χ0n) is 11.3. The number of likely N-dealkylation sites (N-methyl/N-ethyl adjacent to an activating group) is 1. The molecule has 0 N–H and O–H groups in total. The van der Waals surface area contributed by atoms with Crippen molar-refractivity contribution in [2.75, 3.05) is 27.2 Å². The Kier molecular flexibility index (Phi) is 2.58. The topological polar surface area (TPSA) is 6.48 Å². The highest BCUT2D eigenvalue weighted by Gasteiger charge is 2.48. The molecule has 1 saturated heterocycles. The molecule has 0 amide bonds. The third kappa shape index (κ3) is 2.03. The van der Waals surface area contributed by atoms with Gasteiger partial charge in [-0.05, 0) is 50.8 Å². The van der Waals surface area contributed by atoms with Crippen LogP contribution in [0.15, 0.2) is 23.9 Å². The predicted molar refractivity (Wildman–Crippen MR) is 71.7 cm³/mol. The molecular formula is C15H24N2. The number of fused-ring (bicyclic) bond motifs is 1. The highest BCUT2D eigenvalue weighted by molar-refractivity contribution is 5.34. The summed E-state index contributed by atoms with van der Waals surface area (Å²) in [6.45, 7) is 4.81. The van der Waals surface area contributed by atoms with Gasteiger partial charge in [-0.2, -0.15) is 0 Å². The standard InChI is InChI=1S/C15H24N2/c1-15-7-6-13(9-12(15)10-15)17-8-4-5-14(17)11-16(2)3/h6-7,9,12,14H,4-5,8,10-11H2,1-3H3. The molecule has 94 valence electrons. The molecule has 3 rings (SSSR count). The fourth-order valence-electron chi connectivity index (χ4n) is 3.37. The Morgan fingerprint density at radius 2 is 2.29 bits per heavy atom. The molecule has 0 aromatic rings. The Balaban J connectivity index is 1.72. The lowest BCUT2D eigenvalue weighted by atomic mass is 10.00. The number of rotatable bonds is 3. The quantitative estimate of drug-likeness (QED) is 0.737. The third-order valence-corrected chi connectivity index (χ3v) is 4.64.